The molecule has 2 unspecified atom stereocenters. The minimum Gasteiger partial charge on any atom is -0.314 e. The van der Waals surface area contributed by atoms with Crippen LogP contribution in [0.2, 0.25) is 0 Å². The summed E-state index contributed by atoms with van der Waals surface area (Å²) in [4.78, 5) is 0. The first-order valence-corrected chi connectivity index (χ1v) is 7.96. The van der Waals surface area contributed by atoms with Gasteiger partial charge < -0.3 is 5.32 Å². The molecule has 1 saturated carbocycles. The Labute approximate surface area is 117 Å². The number of nitrogens with zero attached hydrogens (tertiary/aromatic N) is 2. The third kappa shape index (κ3) is 4.34. The van der Waals surface area contributed by atoms with E-state index in [1.54, 1.807) is 0 Å². The van der Waals surface area contributed by atoms with E-state index < -0.39 is 0 Å². The predicted molar refractivity (Wildman–Crippen MR) is 80.4 cm³/mol. The quantitative estimate of drug-likeness (QED) is 0.850. The molecule has 0 amide bonds. The van der Waals surface area contributed by atoms with Gasteiger partial charge in [0.25, 0.3) is 0 Å². The van der Waals surface area contributed by atoms with Crippen LogP contribution in [0.3, 0.4) is 0 Å². The van der Waals surface area contributed by atoms with Crippen LogP contribution in [0.4, 0.5) is 0 Å². The number of aromatic nitrogens is 2. The van der Waals surface area contributed by atoms with Crippen LogP contribution in [-0.4, -0.2) is 22.4 Å². The summed E-state index contributed by atoms with van der Waals surface area (Å²) in [6.45, 7) is 7.77. The molecule has 2 rings (SSSR count). The summed E-state index contributed by atoms with van der Waals surface area (Å²) in [5, 5.41) is 8.37. The lowest BCUT2D eigenvalue weighted by Gasteiger charge is -2.29. The van der Waals surface area contributed by atoms with Crippen molar-refractivity contribution in [3.63, 3.8) is 0 Å². The highest BCUT2D eigenvalue weighted by Crippen LogP contribution is 2.27. The van der Waals surface area contributed by atoms with Crippen LogP contribution in [0, 0.1) is 5.92 Å². The monoisotopic (exact) mass is 263 g/mol. The zero-order valence-electron chi connectivity index (χ0n) is 12.7. The average molecular weight is 263 g/mol. The smallest absolute Gasteiger partial charge is 0.0627 e. The third-order valence-electron chi connectivity index (χ3n) is 4.16. The molecule has 0 bridgehead atoms. The molecule has 19 heavy (non-hydrogen) atoms. The predicted octanol–water partition coefficient (Wildman–Crippen LogP) is 3.56. The number of hydrogen-bond acceptors (Lipinski definition) is 2. The zero-order valence-corrected chi connectivity index (χ0v) is 12.7. The van der Waals surface area contributed by atoms with Gasteiger partial charge in [0.2, 0.25) is 0 Å². The lowest BCUT2D eigenvalue weighted by molar-refractivity contribution is 0.282. The van der Waals surface area contributed by atoms with Gasteiger partial charge in [0.15, 0.2) is 0 Å². The molecule has 3 heteroatoms. The average Bonchev–Trinajstić information content (AvgIpc) is 2.85. The SMILES string of the molecule is CCCNC1CCCC(Cc2ccn(C(C)C)n2)C1. The Hall–Kier alpha value is -0.830. The van der Waals surface area contributed by atoms with E-state index in [9.17, 15) is 0 Å². The minimum atomic E-state index is 0.471. The Morgan fingerprint density at radius 2 is 2.26 bits per heavy atom. The first-order valence-electron chi connectivity index (χ1n) is 7.96. The van der Waals surface area contributed by atoms with Crippen molar-refractivity contribution >= 4 is 0 Å². The maximum Gasteiger partial charge on any atom is 0.0627 e. The fraction of sp³-hybridized carbons (Fsp3) is 0.812. The molecule has 1 fully saturated rings. The Morgan fingerprint density at radius 1 is 1.42 bits per heavy atom. The van der Waals surface area contributed by atoms with Crippen molar-refractivity contribution in [2.45, 2.75) is 71.4 Å². The van der Waals surface area contributed by atoms with E-state index in [0.717, 1.165) is 18.4 Å². The minimum absolute atomic E-state index is 0.471. The molecular weight excluding hydrogens is 234 g/mol. The van der Waals surface area contributed by atoms with E-state index >= 15 is 0 Å². The first-order chi connectivity index (χ1) is 9.19. The second-order valence-corrected chi connectivity index (χ2v) is 6.27. The molecule has 1 aromatic rings. The highest BCUT2D eigenvalue weighted by Gasteiger charge is 2.22. The van der Waals surface area contributed by atoms with Crippen LogP contribution in [0.5, 0.6) is 0 Å². The molecule has 1 aromatic heterocycles. The summed E-state index contributed by atoms with van der Waals surface area (Å²) >= 11 is 0. The third-order valence-corrected chi connectivity index (χ3v) is 4.16. The van der Waals surface area contributed by atoms with Gasteiger partial charge in [-0.15, -0.1) is 0 Å². The van der Waals surface area contributed by atoms with Crippen molar-refractivity contribution in [1.82, 2.24) is 15.1 Å². The fourth-order valence-electron chi connectivity index (χ4n) is 3.08. The van der Waals surface area contributed by atoms with Gasteiger partial charge in [-0.3, -0.25) is 4.68 Å². The van der Waals surface area contributed by atoms with Crippen molar-refractivity contribution in [2.75, 3.05) is 6.54 Å². The number of rotatable bonds is 6. The maximum absolute atomic E-state index is 4.69. The van der Waals surface area contributed by atoms with Crippen LogP contribution in [-0.2, 0) is 6.42 Å². The molecule has 1 aliphatic rings. The molecular formula is C16H29N3. The summed E-state index contributed by atoms with van der Waals surface area (Å²) in [5.41, 5.74) is 1.27. The van der Waals surface area contributed by atoms with E-state index in [0.29, 0.717) is 6.04 Å². The molecule has 108 valence electrons. The molecule has 3 nitrogen and oxygen atoms in total. The standard InChI is InChI=1S/C16H29N3/c1-4-9-17-15-7-5-6-14(11-15)12-16-8-10-19(18-16)13(2)3/h8,10,13-15,17H,4-7,9,11-12H2,1-3H3. The van der Waals surface area contributed by atoms with Gasteiger partial charge in [-0.05, 0) is 64.5 Å². The van der Waals surface area contributed by atoms with E-state index in [4.69, 9.17) is 0 Å². The topological polar surface area (TPSA) is 29.9 Å². The molecule has 1 N–H and O–H groups in total. The normalized spacial score (nSPS) is 24.0. The zero-order chi connectivity index (χ0) is 13.7. The van der Waals surface area contributed by atoms with E-state index in [1.165, 1.54) is 44.3 Å². The van der Waals surface area contributed by atoms with Crippen LogP contribution in [0.15, 0.2) is 12.3 Å². The second-order valence-electron chi connectivity index (χ2n) is 6.27. The lowest BCUT2D eigenvalue weighted by atomic mass is 9.83. The molecule has 0 aromatic carbocycles. The van der Waals surface area contributed by atoms with Crippen molar-refractivity contribution in [3.8, 4) is 0 Å². The van der Waals surface area contributed by atoms with Gasteiger partial charge in [-0.2, -0.15) is 5.10 Å². The molecule has 2 atom stereocenters. The van der Waals surface area contributed by atoms with Gasteiger partial charge in [0.1, 0.15) is 0 Å². The number of hydrogen-bond donors (Lipinski definition) is 1. The fourth-order valence-corrected chi connectivity index (χ4v) is 3.08. The maximum atomic E-state index is 4.69. The Balaban J connectivity index is 1.84. The summed E-state index contributed by atoms with van der Waals surface area (Å²) in [5.74, 6) is 0.818. The molecule has 0 radical (unpaired) electrons. The first kappa shape index (κ1) is 14.6. The highest BCUT2D eigenvalue weighted by molar-refractivity contribution is 5.01. The molecule has 0 spiro atoms. The van der Waals surface area contributed by atoms with Crippen molar-refractivity contribution < 1.29 is 0 Å². The highest BCUT2D eigenvalue weighted by atomic mass is 15.3. The van der Waals surface area contributed by atoms with Gasteiger partial charge >= 0.3 is 0 Å². The largest absolute Gasteiger partial charge is 0.314 e. The van der Waals surface area contributed by atoms with Gasteiger partial charge in [0.05, 0.1) is 5.69 Å². The summed E-state index contributed by atoms with van der Waals surface area (Å²) < 4.78 is 2.07. The Morgan fingerprint density at radius 3 is 2.95 bits per heavy atom. The van der Waals surface area contributed by atoms with Crippen molar-refractivity contribution in [3.05, 3.63) is 18.0 Å². The molecule has 0 saturated heterocycles. The van der Waals surface area contributed by atoms with Crippen LogP contribution in [0.1, 0.15) is 64.6 Å². The van der Waals surface area contributed by atoms with Crippen molar-refractivity contribution in [2.24, 2.45) is 5.92 Å². The van der Waals surface area contributed by atoms with E-state index in [2.05, 4.69) is 48.1 Å². The van der Waals surface area contributed by atoms with Gasteiger partial charge in [-0.25, -0.2) is 0 Å². The van der Waals surface area contributed by atoms with Crippen LogP contribution in [0.25, 0.3) is 0 Å². The van der Waals surface area contributed by atoms with Crippen LogP contribution < -0.4 is 5.32 Å². The lowest BCUT2D eigenvalue weighted by Crippen LogP contribution is -2.35. The second kappa shape index (κ2) is 7.09. The molecule has 1 heterocycles. The summed E-state index contributed by atoms with van der Waals surface area (Å²) in [7, 11) is 0. The van der Waals surface area contributed by atoms with E-state index in [1.807, 2.05) is 0 Å². The molecule has 1 aliphatic carbocycles. The Bertz CT molecular complexity index is 370. The molecule has 0 aliphatic heterocycles. The van der Waals surface area contributed by atoms with Crippen LogP contribution >= 0.6 is 0 Å². The van der Waals surface area contributed by atoms with Crippen molar-refractivity contribution in [1.29, 1.82) is 0 Å². The van der Waals surface area contributed by atoms with Gasteiger partial charge in [-0.1, -0.05) is 13.3 Å². The Kier molecular flexibility index (Phi) is 5.44. The van der Waals surface area contributed by atoms with E-state index in [-0.39, 0.29) is 0 Å². The number of nitrogens with one attached hydrogen (secondary N) is 1. The summed E-state index contributed by atoms with van der Waals surface area (Å²) in [6, 6.07) is 3.41. The summed E-state index contributed by atoms with van der Waals surface area (Å²) in [6.07, 6.45) is 9.95. The van der Waals surface area contributed by atoms with Gasteiger partial charge in [0, 0.05) is 18.3 Å².